The summed E-state index contributed by atoms with van der Waals surface area (Å²) in [7, 11) is -3.01. The molecule has 1 N–H and O–H groups in total. The highest BCUT2D eigenvalue weighted by Crippen LogP contribution is 2.31. The number of hydrogen-bond donors (Lipinski definition) is 1. The van der Waals surface area contributed by atoms with Crippen LogP contribution in [0, 0.1) is 5.82 Å². The lowest BCUT2D eigenvalue weighted by Gasteiger charge is -2.14. The van der Waals surface area contributed by atoms with Gasteiger partial charge in [0.1, 0.15) is 5.82 Å². The summed E-state index contributed by atoms with van der Waals surface area (Å²) in [5.74, 6) is -0.340. The number of carbonyl (C=O) groups is 1. The molecule has 0 radical (unpaired) electrons. The molecule has 0 saturated carbocycles. The van der Waals surface area contributed by atoms with Crippen molar-refractivity contribution in [2.24, 2.45) is 0 Å². The molecule has 9 heteroatoms. The predicted octanol–water partition coefficient (Wildman–Crippen LogP) is 2.73. The molecule has 1 aromatic heterocycles. The van der Waals surface area contributed by atoms with E-state index in [4.69, 9.17) is 0 Å². The predicted molar refractivity (Wildman–Crippen MR) is 98.0 cm³/mol. The van der Waals surface area contributed by atoms with Crippen LogP contribution in [-0.4, -0.2) is 42.1 Å². The van der Waals surface area contributed by atoms with E-state index in [2.05, 4.69) is 10.3 Å². The summed E-state index contributed by atoms with van der Waals surface area (Å²) in [5.41, 5.74) is 1.56. The van der Waals surface area contributed by atoms with Gasteiger partial charge in [0.15, 0.2) is 14.2 Å². The van der Waals surface area contributed by atoms with Gasteiger partial charge in [-0.2, -0.15) is 0 Å². The fourth-order valence-electron chi connectivity index (χ4n) is 2.50. The van der Waals surface area contributed by atoms with Gasteiger partial charge in [0, 0.05) is 17.0 Å². The third kappa shape index (κ3) is 4.80. The highest BCUT2D eigenvalue weighted by atomic mass is 32.2. The third-order valence-corrected chi connectivity index (χ3v) is 7.69. The van der Waals surface area contributed by atoms with E-state index >= 15 is 0 Å². The third-order valence-electron chi connectivity index (χ3n) is 3.85. The zero-order valence-electron chi connectivity index (χ0n) is 13.4. The molecule has 1 aliphatic rings. The average Bonchev–Trinajstić information content (AvgIpc) is 3.14. The minimum atomic E-state index is -3.01. The lowest BCUT2D eigenvalue weighted by atomic mass is 10.2. The van der Waals surface area contributed by atoms with Gasteiger partial charge in [-0.05, 0) is 37.6 Å². The summed E-state index contributed by atoms with van der Waals surface area (Å²) >= 11 is 2.74. The molecule has 134 valence electrons. The van der Waals surface area contributed by atoms with E-state index in [0.29, 0.717) is 6.42 Å². The van der Waals surface area contributed by atoms with Crippen LogP contribution in [0.3, 0.4) is 0 Å². The minimum Gasteiger partial charge on any atom is -0.351 e. The summed E-state index contributed by atoms with van der Waals surface area (Å²) in [4.78, 5) is 16.7. The Morgan fingerprint density at radius 2 is 2.12 bits per heavy atom. The van der Waals surface area contributed by atoms with Crippen LogP contribution in [0.25, 0.3) is 11.3 Å². The van der Waals surface area contributed by atoms with Gasteiger partial charge in [-0.15, -0.1) is 11.3 Å². The Hall–Kier alpha value is -1.45. The van der Waals surface area contributed by atoms with Crippen molar-refractivity contribution in [3.05, 3.63) is 35.5 Å². The van der Waals surface area contributed by atoms with Crippen LogP contribution in [-0.2, 0) is 14.6 Å². The van der Waals surface area contributed by atoms with Gasteiger partial charge < -0.3 is 5.32 Å². The number of aromatic nitrogens is 1. The summed E-state index contributed by atoms with van der Waals surface area (Å²) in [6, 6.07) is 5.79. The van der Waals surface area contributed by atoms with E-state index in [-0.39, 0.29) is 34.5 Å². The topological polar surface area (TPSA) is 76.1 Å². The highest BCUT2D eigenvalue weighted by Gasteiger charge is 2.30. The Labute approximate surface area is 154 Å². The maximum atomic E-state index is 13.0. The SMILES string of the molecule is CC(Sc1nc(-c2ccc(F)cc2)cs1)C(=O)NC1CCS(=O)(=O)C1. The van der Waals surface area contributed by atoms with Crippen molar-refractivity contribution in [3.8, 4) is 11.3 Å². The molecule has 1 amide bonds. The first kappa shape index (κ1) is 18.3. The molecule has 3 rings (SSSR count). The van der Waals surface area contributed by atoms with Gasteiger partial charge in [0.25, 0.3) is 0 Å². The van der Waals surface area contributed by atoms with E-state index in [9.17, 15) is 17.6 Å². The summed E-state index contributed by atoms with van der Waals surface area (Å²) < 4.78 is 36.6. The Morgan fingerprint density at radius 3 is 2.76 bits per heavy atom. The molecule has 2 atom stereocenters. The molecular weight excluding hydrogens is 383 g/mol. The quantitative estimate of drug-likeness (QED) is 0.781. The summed E-state index contributed by atoms with van der Waals surface area (Å²) in [6.07, 6.45) is 0.470. The monoisotopic (exact) mass is 400 g/mol. The number of sulfone groups is 1. The summed E-state index contributed by atoms with van der Waals surface area (Å²) in [6.45, 7) is 1.77. The molecule has 2 aromatic rings. The van der Waals surface area contributed by atoms with E-state index in [1.54, 1.807) is 19.1 Å². The fraction of sp³-hybridized carbons (Fsp3) is 0.375. The van der Waals surface area contributed by atoms with Crippen LogP contribution in [0.1, 0.15) is 13.3 Å². The van der Waals surface area contributed by atoms with Gasteiger partial charge in [0.2, 0.25) is 5.91 Å². The molecule has 0 bridgehead atoms. The van der Waals surface area contributed by atoms with E-state index in [1.807, 2.05) is 5.38 Å². The van der Waals surface area contributed by atoms with Gasteiger partial charge >= 0.3 is 0 Å². The number of rotatable bonds is 5. The second-order valence-corrected chi connectivity index (χ2v) is 10.5. The zero-order chi connectivity index (χ0) is 18.0. The molecule has 0 spiro atoms. The molecular formula is C16H17FN2O3S3. The van der Waals surface area contributed by atoms with Crippen LogP contribution in [0.5, 0.6) is 0 Å². The molecule has 1 aliphatic heterocycles. The molecule has 2 unspecified atom stereocenters. The van der Waals surface area contributed by atoms with Crippen molar-refractivity contribution in [2.75, 3.05) is 11.5 Å². The minimum absolute atomic E-state index is 0.0160. The largest absolute Gasteiger partial charge is 0.351 e. The molecule has 1 aromatic carbocycles. The Balaban J connectivity index is 1.58. The normalized spacial score (nSPS) is 20.3. The van der Waals surface area contributed by atoms with Gasteiger partial charge in [-0.1, -0.05) is 11.8 Å². The number of amides is 1. The number of hydrogen-bond acceptors (Lipinski definition) is 6. The lowest BCUT2D eigenvalue weighted by molar-refractivity contribution is -0.120. The first-order valence-corrected chi connectivity index (χ1v) is 11.3. The van der Waals surface area contributed by atoms with Crippen LogP contribution in [0.4, 0.5) is 4.39 Å². The smallest absolute Gasteiger partial charge is 0.233 e. The summed E-state index contributed by atoms with van der Waals surface area (Å²) in [5, 5.41) is 4.28. The number of halogens is 1. The maximum absolute atomic E-state index is 13.0. The standard InChI is InChI=1S/C16H17FN2O3S3/c1-10(15(20)18-13-6-7-25(21,22)9-13)24-16-19-14(8-23-16)11-2-4-12(17)5-3-11/h2-5,8,10,13H,6-7,9H2,1H3,(H,18,20). The van der Waals surface area contributed by atoms with Crippen molar-refractivity contribution in [1.82, 2.24) is 10.3 Å². The molecule has 0 aliphatic carbocycles. The molecule has 5 nitrogen and oxygen atoms in total. The molecule has 25 heavy (non-hydrogen) atoms. The van der Waals surface area contributed by atoms with Crippen molar-refractivity contribution >= 4 is 38.8 Å². The Morgan fingerprint density at radius 1 is 1.40 bits per heavy atom. The number of thioether (sulfide) groups is 1. The maximum Gasteiger partial charge on any atom is 0.233 e. The highest BCUT2D eigenvalue weighted by molar-refractivity contribution is 8.02. The lowest BCUT2D eigenvalue weighted by Crippen LogP contribution is -2.39. The zero-order valence-corrected chi connectivity index (χ0v) is 15.9. The molecule has 1 fully saturated rings. The number of thiazole rings is 1. The molecule has 1 saturated heterocycles. The van der Waals surface area contributed by atoms with Gasteiger partial charge in [0.05, 0.1) is 22.4 Å². The number of carbonyl (C=O) groups excluding carboxylic acids is 1. The number of benzene rings is 1. The first-order chi connectivity index (χ1) is 11.8. The van der Waals surface area contributed by atoms with Crippen LogP contribution >= 0.6 is 23.1 Å². The van der Waals surface area contributed by atoms with Crippen molar-refractivity contribution < 1.29 is 17.6 Å². The van der Waals surface area contributed by atoms with Crippen LogP contribution in [0.2, 0.25) is 0 Å². The van der Waals surface area contributed by atoms with Crippen LogP contribution in [0.15, 0.2) is 34.0 Å². The fourth-order valence-corrected chi connectivity index (χ4v) is 6.15. The Kier molecular flexibility index (Phi) is 5.45. The number of nitrogens with one attached hydrogen (secondary N) is 1. The second-order valence-electron chi connectivity index (χ2n) is 5.87. The van der Waals surface area contributed by atoms with Crippen molar-refractivity contribution in [2.45, 2.75) is 29.0 Å². The second kappa shape index (κ2) is 7.43. The van der Waals surface area contributed by atoms with Crippen LogP contribution < -0.4 is 5.32 Å². The van der Waals surface area contributed by atoms with Crippen molar-refractivity contribution in [1.29, 1.82) is 0 Å². The average molecular weight is 401 g/mol. The van der Waals surface area contributed by atoms with Gasteiger partial charge in [-0.25, -0.2) is 17.8 Å². The Bertz CT molecular complexity index is 865. The van der Waals surface area contributed by atoms with Gasteiger partial charge in [-0.3, -0.25) is 4.79 Å². The molecule has 2 heterocycles. The number of nitrogens with zero attached hydrogens (tertiary/aromatic N) is 1. The first-order valence-electron chi connectivity index (χ1n) is 7.71. The van der Waals surface area contributed by atoms with E-state index in [1.165, 1.54) is 35.2 Å². The van der Waals surface area contributed by atoms with E-state index < -0.39 is 9.84 Å². The van der Waals surface area contributed by atoms with E-state index in [0.717, 1.165) is 15.6 Å². The van der Waals surface area contributed by atoms with Crippen molar-refractivity contribution in [3.63, 3.8) is 0 Å².